The summed E-state index contributed by atoms with van der Waals surface area (Å²) >= 11 is 0. The van der Waals surface area contributed by atoms with Crippen LogP contribution in [-0.4, -0.2) is 42.3 Å². The highest BCUT2D eigenvalue weighted by Crippen LogP contribution is 2.36. The van der Waals surface area contributed by atoms with Gasteiger partial charge in [-0.3, -0.25) is 9.59 Å². The lowest BCUT2D eigenvalue weighted by Gasteiger charge is -2.30. The van der Waals surface area contributed by atoms with Gasteiger partial charge in [-0.05, 0) is 24.6 Å². The summed E-state index contributed by atoms with van der Waals surface area (Å²) in [7, 11) is -3.65. The number of carbonyl (C=O) groups is 2. The van der Waals surface area contributed by atoms with Gasteiger partial charge >= 0.3 is 0 Å². The highest BCUT2D eigenvalue weighted by Gasteiger charge is 2.52. The lowest BCUT2D eigenvalue weighted by Crippen LogP contribution is -2.49. The van der Waals surface area contributed by atoms with Gasteiger partial charge in [-0.1, -0.05) is 24.3 Å². The van der Waals surface area contributed by atoms with Gasteiger partial charge in [-0.25, -0.2) is 8.42 Å². The number of amides is 1. The normalized spacial score (nSPS) is 28.0. The number of hydrogen-bond donors (Lipinski definition) is 0. The molecule has 0 saturated carbocycles. The van der Waals surface area contributed by atoms with Crippen molar-refractivity contribution < 1.29 is 18.0 Å². The molecule has 2 aliphatic heterocycles. The van der Waals surface area contributed by atoms with Crippen molar-refractivity contribution in [2.45, 2.75) is 35.6 Å². The third-order valence-corrected chi connectivity index (χ3v) is 6.27. The summed E-state index contributed by atoms with van der Waals surface area (Å²) in [6.07, 6.45) is 3.29. The van der Waals surface area contributed by atoms with Gasteiger partial charge in [0.1, 0.15) is 6.04 Å². The molecule has 3 atom stereocenters. The first-order chi connectivity index (χ1) is 9.93. The van der Waals surface area contributed by atoms with Crippen molar-refractivity contribution in [1.29, 1.82) is 0 Å². The van der Waals surface area contributed by atoms with Gasteiger partial charge in [0.25, 0.3) is 0 Å². The van der Waals surface area contributed by atoms with Gasteiger partial charge < -0.3 is 4.90 Å². The van der Waals surface area contributed by atoms with Crippen molar-refractivity contribution in [1.82, 2.24) is 4.90 Å². The Hall–Kier alpha value is -1.95. The van der Waals surface area contributed by atoms with E-state index in [-0.39, 0.29) is 29.0 Å². The maximum atomic E-state index is 12.8. The third kappa shape index (κ3) is 2.10. The zero-order valence-electron chi connectivity index (χ0n) is 11.5. The summed E-state index contributed by atoms with van der Waals surface area (Å²) in [6.45, 7) is 1.37. The van der Waals surface area contributed by atoms with Crippen LogP contribution in [0.25, 0.3) is 0 Å². The number of carbonyl (C=O) groups excluding carboxylic acids is 2. The van der Waals surface area contributed by atoms with E-state index in [0.29, 0.717) is 0 Å². The SMILES string of the molecule is CC(=O)N1[C@@H]2C=CC(=O)[C@H]1[C@H](S(=O)(=O)c1ccccc1)C2. The minimum absolute atomic E-state index is 0.193. The molecule has 0 N–H and O–H groups in total. The van der Waals surface area contributed by atoms with Crippen LogP contribution in [0.15, 0.2) is 47.4 Å². The maximum absolute atomic E-state index is 12.8. The molecule has 3 rings (SSSR count). The molecule has 21 heavy (non-hydrogen) atoms. The second-order valence-corrected chi connectivity index (χ2v) is 7.50. The molecule has 1 fully saturated rings. The lowest BCUT2D eigenvalue weighted by atomic mass is 10.1. The molecule has 2 heterocycles. The Morgan fingerprint density at radius 3 is 2.52 bits per heavy atom. The monoisotopic (exact) mass is 305 g/mol. The van der Waals surface area contributed by atoms with E-state index in [1.165, 1.54) is 30.0 Å². The fraction of sp³-hybridized carbons (Fsp3) is 0.333. The van der Waals surface area contributed by atoms with Crippen molar-refractivity contribution >= 4 is 21.5 Å². The zero-order chi connectivity index (χ0) is 15.2. The van der Waals surface area contributed by atoms with E-state index < -0.39 is 21.1 Å². The maximum Gasteiger partial charge on any atom is 0.220 e. The Kier molecular flexibility index (Phi) is 3.20. The van der Waals surface area contributed by atoms with Crippen molar-refractivity contribution in [2.75, 3.05) is 0 Å². The first-order valence-corrected chi connectivity index (χ1v) is 8.27. The highest BCUT2D eigenvalue weighted by atomic mass is 32.2. The minimum atomic E-state index is -3.65. The van der Waals surface area contributed by atoms with Crippen molar-refractivity contribution in [3.05, 3.63) is 42.5 Å². The van der Waals surface area contributed by atoms with Crippen molar-refractivity contribution in [2.24, 2.45) is 0 Å². The predicted molar refractivity (Wildman–Crippen MR) is 76.3 cm³/mol. The summed E-state index contributed by atoms with van der Waals surface area (Å²) in [5.41, 5.74) is 0. The van der Waals surface area contributed by atoms with E-state index in [9.17, 15) is 18.0 Å². The molecule has 0 spiro atoms. The molecule has 1 aromatic rings. The van der Waals surface area contributed by atoms with E-state index in [0.717, 1.165) is 0 Å². The van der Waals surface area contributed by atoms with E-state index in [4.69, 9.17) is 0 Å². The average Bonchev–Trinajstić information content (AvgIpc) is 2.78. The number of rotatable bonds is 2. The minimum Gasteiger partial charge on any atom is -0.325 e. The molecular formula is C15H15NO4S. The second kappa shape index (κ2) is 4.80. The van der Waals surface area contributed by atoms with Gasteiger partial charge in [-0.15, -0.1) is 0 Å². The Bertz CT molecular complexity index is 723. The van der Waals surface area contributed by atoms with Gasteiger partial charge in [0.15, 0.2) is 15.6 Å². The smallest absolute Gasteiger partial charge is 0.220 e. The molecule has 5 nitrogen and oxygen atoms in total. The fourth-order valence-corrected chi connectivity index (χ4v) is 5.11. The molecule has 0 aromatic heterocycles. The van der Waals surface area contributed by atoms with E-state index >= 15 is 0 Å². The first kappa shape index (κ1) is 14.0. The van der Waals surface area contributed by atoms with Gasteiger partial charge in [0.2, 0.25) is 5.91 Å². The summed E-state index contributed by atoms with van der Waals surface area (Å²) in [4.78, 5) is 25.5. The summed E-state index contributed by atoms with van der Waals surface area (Å²) in [5, 5.41) is -0.878. The van der Waals surface area contributed by atoms with Crippen LogP contribution < -0.4 is 0 Å². The summed E-state index contributed by atoms with van der Waals surface area (Å²) < 4.78 is 25.5. The van der Waals surface area contributed by atoms with E-state index in [1.807, 2.05) is 0 Å². The number of sulfone groups is 1. The molecule has 2 aliphatic rings. The topological polar surface area (TPSA) is 71.5 Å². The molecule has 0 aliphatic carbocycles. The molecule has 1 amide bonds. The molecule has 2 bridgehead atoms. The molecule has 0 radical (unpaired) electrons. The average molecular weight is 305 g/mol. The number of nitrogens with zero attached hydrogens (tertiary/aromatic N) is 1. The quantitative estimate of drug-likeness (QED) is 0.816. The van der Waals surface area contributed by atoms with Crippen LogP contribution in [0.3, 0.4) is 0 Å². The fourth-order valence-electron chi connectivity index (χ4n) is 3.17. The Labute approximate surface area is 123 Å². The van der Waals surface area contributed by atoms with Crippen LogP contribution in [-0.2, 0) is 19.4 Å². The largest absolute Gasteiger partial charge is 0.325 e. The van der Waals surface area contributed by atoms with E-state index in [2.05, 4.69) is 0 Å². The second-order valence-electron chi connectivity index (χ2n) is 5.33. The number of hydrogen-bond acceptors (Lipinski definition) is 4. The Morgan fingerprint density at radius 2 is 1.90 bits per heavy atom. The summed E-state index contributed by atoms with van der Waals surface area (Å²) in [5.74, 6) is -0.586. The van der Waals surface area contributed by atoms with Crippen LogP contribution in [0.1, 0.15) is 13.3 Å². The van der Waals surface area contributed by atoms with Crippen LogP contribution in [0.2, 0.25) is 0 Å². The van der Waals surface area contributed by atoms with Crippen molar-refractivity contribution in [3.8, 4) is 0 Å². The third-order valence-electron chi connectivity index (χ3n) is 4.09. The lowest BCUT2D eigenvalue weighted by molar-refractivity contribution is -0.136. The predicted octanol–water partition coefficient (Wildman–Crippen LogP) is 0.957. The van der Waals surface area contributed by atoms with Crippen LogP contribution in [0.4, 0.5) is 0 Å². The Balaban J connectivity index is 2.05. The highest BCUT2D eigenvalue weighted by molar-refractivity contribution is 7.92. The zero-order valence-corrected chi connectivity index (χ0v) is 12.3. The Morgan fingerprint density at radius 1 is 1.24 bits per heavy atom. The first-order valence-electron chi connectivity index (χ1n) is 6.73. The standard InChI is InChI=1S/C15H15NO4S/c1-10(17)16-11-7-8-13(18)15(16)14(9-11)21(19,20)12-5-3-2-4-6-12/h2-8,11,14-15H,9H2,1H3/t11-,14-,15+/m1/s1. The van der Waals surface area contributed by atoms with Gasteiger partial charge in [0.05, 0.1) is 16.2 Å². The van der Waals surface area contributed by atoms with Gasteiger partial charge in [-0.2, -0.15) is 0 Å². The van der Waals surface area contributed by atoms with Gasteiger partial charge in [0, 0.05) is 6.92 Å². The van der Waals surface area contributed by atoms with Crippen LogP contribution in [0, 0.1) is 0 Å². The van der Waals surface area contributed by atoms with Crippen LogP contribution in [0.5, 0.6) is 0 Å². The molecule has 110 valence electrons. The van der Waals surface area contributed by atoms with E-state index in [1.54, 1.807) is 24.3 Å². The number of benzene rings is 1. The number of fused-ring (bicyclic) bond motifs is 2. The van der Waals surface area contributed by atoms with Crippen LogP contribution >= 0.6 is 0 Å². The summed E-state index contributed by atoms with van der Waals surface area (Å²) in [6, 6.07) is 6.87. The molecule has 6 heteroatoms. The molecule has 1 saturated heterocycles. The molecule has 1 aromatic carbocycles. The molecular weight excluding hydrogens is 290 g/mol. The number of ketones is 1. The van der Waals surface area contributed by atoms with Crippen molar-refractivity contribution in [3.63, 3.8) is 0 Å². The molecule has 0 unspecified atom stereocenters.